The maximum Gasteiger partial charge on any atom is 0.326 e. The number of nitrogens with one attached hydrogen (secondary N) is 2. The van der Waals surface area contributed by atoms with Crippen LogP contribution < -0.4 is 10.6 Å². The Labute approximate surface area is 127 Å². The van der Waals surface area contributed by atoms with Gasteiger partial charge in [-0.1, -0.05) is 0 Å². The average Bonchev–Trinajstić information content (AvgIpc) is 2.84. The van der Waals surface area contributed by atoms with Crippen molar-refractivity contribution in [2.45, 2.75) is 18.5 Å². The van der Waals surface area contributed by atoms with Gasteiger partial charge >= 0.3 is 18.0 Å². The van der Waals surface area contributed by atoms with E-state index in [0.717, 1.165) is 0 Å². The van der Waals surface area contributed by atoms with Crippen molar-refractivity contribution in [2.75, 3.05) is 38.2 Å². The molecular formula is C12H20N4O4S. The fraction of sp³-hybridized carbons (Fsp3) is 0.750. The summed E-state index contributed by atoms with van der Waals surface area (Å²) >= 11 is 1.54. The molecule has 4 amide bonds. The lowest BCUT2D eigenvalue weighted by Gasteiger charge is -2.36. The molecule has 2 atom stereocenters. The fourth-order valence-electron chi connectivity index (χ4n) is 2.52. The Morgan fingerprint density at radius 1 is 1.52 bits per heavy atom. The first-order valence-electron chi connectivity index (χ1n) is 6.84. The van der Waals surface area contributed by atoms with Crippen LogP contribution in [0.1, 0.15) is 6.42 Å². The highest BCUT2D eigenvalue weighted by Crippen LogP contribution is 2.14. The first kappa shape index (κ1) is 15.7. The molecule has 2 aliphatic rings. The standard InChI is InChI=1S/C12H20N4O4S/c1-21-5-2-9(10(17)18)14-12(20)15-3-4-16-8(7-15)6-13-11(16)19/h8-9H,2-7H2,1H3,(H,13,19)(H,14,20)(H,17,18)/t8?,9-/m0/s1. The van der Waals surface area contributed by atoms with Gasteiger partial charge in [-0.05, 0) is 18.4 Å². The lowest BCUT2D eigenvalue weighted by atomic mass is 10.2. The molecule has 0 aromatic carbocycles. The molecule has 2 fully saturated rings. The molecule has 0 aromatic heterocycles. The minimum Gasteiger partial charge on any atom is -0.480 e. The first-order chi connectivity index (χ1) is 10.0. The number of carbonyl (C=O) groups is 3. The van der Waals surface area contributed by atoms with E-state index in [1.165, 1.54) is 0 Å². The first-order valence-corrected chi connectivity index (χ1v) is 8.24. The van der Waals surface area contributed by atoms with Gasteiger partial charge in [0.25, 0.3) is 0 Å². The molecule has 0 aromatic rings. The number of aliphatic carboxylic acids is 1. The number of fused-ring (bicyclic) bond motifs is 1. The lowest BCUT2D eigenvalue weighted by Crippen LogP contribution is -2.57. The van der Waals surface area contributed by atoms with Crippen molar-refractivity contribution in [3.8, 4) is 0 Å². The molecule has 0 saturated carbocycles. The van der Waals surface area contributed by atoms with Crippen molar-refractivity contribution in [1.82, 2.24) is 20.4 Å². The minimum atomic E-state index is -1.02. The maximum atomic E-state index is 12.2. The molecule has 2 aliphatic heterocycles. The van der Waals surface area contributed by atoms with E-state index in [1.807, 2.05) is 6.26 Å². The molecule has 0 spiro atoms. The van der Waals surface area contributed by atoms with Crippen LogP contribution in [0.15, 0.2) is 0 Å². The Morgan fingerprint density at radius 3 is 2.95 bits per heavy atom. The van der Waals surface area contributed by atoms with Crippen molar-refractivity contribution in [3.05, 3.63) is 0 Å². The third-order valence-electron chi connectivity index (χ3n) is 3.73. The second kappa shape index (κ2) is 6.88. The molecule has 1 unspecified atom stereocenters. The summed E-state index contributed by atoms with van der Waals surface area (Å²) < 4.78 is 0. The van der Waals surface area contributed by atoms with Crippen molar-refractivity contribution < 1.29 is 19.5 Å². The summed E-state index contributed by atoms with van der Waals surface area (Å²) in [5.74, 6) is -0.347. The highest BCUT2D eigenvalue weighted by molar-refractivity contribution is 7.98. The summed E-state index contributed by atoms with van der Waals surface area (Å²) in [6.45, 7) is 1.86. The third-order valence-corrected chi connectivity index (χ3v) is 4.37. The predicted molar refractivity (Wildman–Crippen MR) is 78.4 cm³/mol. The van der Waals surface area contributed by atoms with E-state index in [1.54, 1.807) is 21.6 Å². The zero-order chi connectivity index (χ0) is 15.4. The van der Waals surface area contributed by atoms with Gasteiger partial charge in [-0.15, -0.1) is 0 Å². The summed E-state index contributed by atoms with van der Waals surface area (Å²) in [4.78, 5) is 38.1. The van der Waals surface area contributed by atoms with Crippen LogP contribution in [-0.4, -0.2) is 83.2 Å². The molecule has 9 heteroatoms. The molecule has 2 heterocycles. The number of nitrogens with zero attached hydrogens (tertiary/aromatic N) is 2. The average molecular weight is 316 g/mol. The van der Waals surface area contributed by atoms with Crippen molar-refractivity contribution in [2.24, 2.45) is 0 Å². The van der Waals surface area contributed by atoms with Crippen LogP contribution in [-0.2, 0) is 4.79 Å². The van der Waals surface area contributed by atoms with Crippen LogP contribution in [0.3, 0.4) is 0 Å². The van der Waals surface area contributed by atoms with E-state index in [0.29, 0.717) is 38.4 Å². The number of rotatable bonds is 5. The van der Waals surface area contributed by atoms with Crippen LogP contribution in [0, 0.1) is 0 Å². The van der Waals surface area contributed by atoms with E-state index in [9.17, 15) is 14.4 Å². The number of amides is 4. The summed E-state index contributed by atoms with van der Waals surface area (Å²) in [7, 11) is 0. The number of hydrogen-bond acceptors (Lipinski definition) is 4. The summed E-state index contributed by atoms with van der Waals surface area (Å²) in [6, 6.07) is -1.36. The van der Waals surface area contributed by atoms with E-state index in [4.69, 9.17) is 5.11 Å². The van der Waals surface area contributed by atoms with Crippen molar-refractivity contribution in [1.29, 1.82) is 0 Å². The Bertz CT molecular complexity index is 433. The molecule has 3 N–H and O–H groups in total. The molecule has 0 aliphatic carbocycles. The largest absolute Gasteiger partial charge is 0.480 e. The molecule has 8 nitrogen and oxygen atoms in total. The van der Waals surface area contributed by atoms with E-state index in [2.05, 4.69) is 10.6 Å². The van der Waals surface area contributed by atoms with Crippen molar-refractivity contribution >= 4 is 29.8 Å². The van der Waals surface area contributed by atoms with Gasteiger partial charge in [-0.25, -0.2) is 14.4 Å². The summed E-state index contributed by atoms with van der Waals surface area (Å²) in [5, 5.41) is 14.4. The lowest BCUT2D eigenvalue weighted by molar-refractivity contribution is -0.139. The predicted octanol–water partition coefficient (Wildman–Crippen LogP) is -0.388. The number of thioether (sulfide) groups is 1. The van der Waals surface area contributed by atoms with E-state index >= 15 is 0 Å². The maximum absolute atomic E-state index is 12.2. The van der Waals surface area contributed by atoms with Crippen LogP contribution >= 0.6 is 11.8 Å². The molecule has 2 saturated heterocycles. The molecule has 0 radical (unpaired) electrons. The number of piperazine rings is 1. The Morgan fingerprint density at radius 2 is 2.29 bits per heavy atom. The highest BCUT2D eigenvalue weighted by Gasteiger charge is 2.37. The minimum absolute atomic E-state index is 0.0218. The molecule has 0 bridgehead atoms. The van der Waals surface area contributed by atoms with Crippen LogP contribution in [0.4, 0.5) is 9.59 Å². The van der Waals surface area contributed by atoms with Crippen LogP contribution in [0.5, 0.6) is 0 Å². The van der Waals surface area contributed by atoms with Crippen molar-refractivity contribution in [3.63, 3.8) is 0 Å². The van der Waals surface area contributed by atoms with Gasteiger partial charge in [0.1, 0.15) is 6.04 Å². The molecule has 21 heavy (non-hydrogen) atoms. The SMILES string of the molecule is CSCC[C@H](NC(=O)N1CCN2C(=O)NCC2C1)C(=O)O. The monoisotopic (exact) mass is 316 g/mol. The summed E-state index contributed by atoms with van der Waals surface area (Å²) in [5.41, 5.74) is 0. The quantitative estimate of drug-likeness (QED) is 0.641. The Kier molecular flexibility index (Phi) is 5.16. The normalized spacial score (nSPS) is 22.5. The van der Waals surface area contributed by atoms with Crippen LogP contribution in [0.25, 0.3) is 0 Å². The van der Waals surface area contributed by atoms with E-state index < -0.39 is 12.0 Å². The number of carbonyl (C=O) groups excluding carboxylic acids is 2. The smallest absolute Gasteiger partial charge is 0.326 e. The zero-order valence-corrected chi connectivity index (χ0v) is 12.7. The number of hydrogen-bond donors (Lipinski definition) is 3. The van der Waals surface area contributed by atoms with Gasteiger partial charge in [0, 0.05) is 26.2 Å². The molecular weight excluding hydrogens is 296 g/mol. The number of urea groups is 2. The van der Waals surface area contributed by atoms with E-state index in [-0.39, 0.29) is 18.1 Å². The molecule has 118 valence electrons. The Hall–Kier alpha value is -1.64. The van der Waals surface area contributed by atoms with Gasteiger partial charge in [0.05, 0.1) is 6.04 Å². The van der Waals surface area contributed by atoms with Gasteiger partial charge in [-0.3, -0.25) is 0 Å². The van der Waals surface area contributed by atoms with Gasteiger partial charge < -0.3 is 25.5 Å². The topological polar surface area (TPSA) is 102 Å². The fourth-order valence-corrected chi connectivity index (χ4v) is 2.99. The molecule has 2 rings (SSSR count). The zero-order valence-electron chi connectivity index (χ0n) is 11.9. The highest BCUT2D eigenvalue weighted by atomic mass is 32.2. The number of carboxylic acids is 1. The van der Waals surface area contributed by atoms with Crippen LogP contribution in [0.2, 0.25) is 0 Å². The second-order valence-corrected chi connectivity index (χ2v) is 6.09. The van der Waals surface area contributed by atoms with Gasteiger partial charge in [0.15, 0.2) is 0 Å². The summed E-state index contributed by atoms with van der Waals surface area (Å²) in [6.07, 6.45) is 2.29. The Balaban J connectivity index is 1.88. The van der Waals surface area contributed by atoms with Gasteiger partial charge in [0.2, 0.25) is 0 Å². The third kappa shape index (κ3) is 3.72. The van der Waals surface area contributed by atoms with Gasteiger partial charge in [-0.2, -0.15) is 11.8 Å². The second-order valence-electron chi connectivity index (χ2n) is 5.10. The number of carboxylic acid groups (broad SMARTS) is 1.